The van der Waals surface area contributed by atoms with E-state index in [-0.39, 0.29) is 0 Å². The van der Waals surface area contributed by atoms with E-state index < -0.39 is 9.84 Å². The molecule has 0 saturated carbocycles. The largest absolute Gasteiger partial charge is 0.378 e. The molecule has 1 heterocycles. The van der Waals surface area contributed by atoms with Crippen molar-refractivity contribution in [3.63, 3.8) is 0 Å². The summed E-state index contributed by atoms with van der Waals surface area (Å²) in [6.07, 6.45) is 2.95. The number of hydrogen-bond donors (Lipinski definition) is 1. The summed E-state index contributed by atoms with van der Waals surface area (Å²) < 4.78 is 22.8. The highest BCUT2D eigenvalue weighted by Gasteiger charge is 2.07. The van der Waals surface area contributed by atoms with Gasteiger partial charge in [0, 0.05) is 23.5 Å². The first kappa shape index (κ1) is 12.1. The maximum Gasteiger partial charge on any atom is 0.175 e. The summed E-state index contributed by atoms with van der Waals surface area (Å²) in [4.78, 5) is 4.46. The van der Waals surface area contributed by atoms with E-state index in [0.29, 0.717) is 11.4 Å². The monoisotopic (exact) mass is 268 g/mol. The quantitative estimate of drug-likeness (QED) is 0.923. The van der Waals surface area contributed by atoms with Gasteiger partial charge in [-0.1, -0.05) is 6.07 Å². The van der Waals surface area contributed by atoms with E-state index in [4.69, 9.17) is 0 Å². The second kappa shape index (κ2) is 4.85. The van der Waals surface area contributed by atoms with Crippen molar-refractivity contribution in [1.29, 1.82) is 0 Å². The normalized spacial score (nSPS) is 11.4. The van der Waals surface area contributed by atoms with Gasteiger partial charge in [0.05, 0.1) is 11.4 Å². The van der Waals surface area contributed by atoms with Gasteiger partial charge in [0.15, 0.2) is 9.84 Å². The van der Waals surface area contributed by atoms with Crippen LogP contribution in [0.25, 0.3) is 0 Å². The van der Waals surface area contributed by atoms with E-state index >= 15 is 0 Å². The fourth-order valence-corrected chi connectivity index (χ4v) is 2.58. The van der Waals surface area contributed by atoms with Gasteiger partial charge in [0.2, 0.25) is 0 Å². The van der Waals surface area contributed by atoms with Gasteiger partial charge in [-0.3, -0.25) is 0 Å². The zero-order valence-corrected chi connectivity index (χ0v) is 10.9. The molecule has 0 radical (unpaired) electrons. The first-order valence-electron chi connectivity index (χ1n) is 4.98. The lowest BCUT2D eigenvalue weighted by atomic mass is 10.3. The van der Waals surface area contributed by atoms with E-state index in [2.05, 4.69) is 10.3 Å². The van der Waals surface area contributed by atoms with Crippen LogP contribution in [0.15, 0.2) is 40.7 Å². The Morgan fingerprint density at radius 1 is 1.41 bits per heavy atom. The molecule has 0 spiro atoms. The lowest BCUT2D eigenvalue weighted by molar-refractivity contribution is 0.602. The predicted octanol–water partition coefficient (Wildman–Crippen LogP) is 2.16. The molecule has 2 aromatic rings. The third-order valence-electron chi connectivity index (χ3n) is 2.19. The van der Waals surface area contributed by atoms with Crippen molar-refractivity contribution < 1.29 is 8.42 Å². The molecular weight excluding hydrogens is 256 g/mol. The SMILES string of the molecule is CS(=O)(=O)c1cccc(NCc2nccs2)c1. The fourth-order valence-electron chi connectivity index (χ4n) is 1.35. The number of nitrogens with zero attached hydrogens (tertiary/aromatic N) is 1. The maximum atomic E-state index is 11.4. The number of nitrogens with one attached hydrogen (secondary N) is 1. The van der Waals surface area contributed by atoms with Crippen LogP contribution < -0.4 is 5.32 Å². The Morgan fingerprint density at radius 2 is 2.24 bits per heavy atom. The molecule has 1 N–H and O–H groups in total. The molecule has 0 amide bonds. The number of thiazole rings is 1. The Hall–Kier alpha value is -1.40. The summed E-state index contributed by atoms with van der Waals surface area (Å²) in [5.41, 5.74) is 0.781. The van der Waals surface area contributed by atoms with Crippen LogP contribution in [0.4, 0.5) is 5.69 Å². The average Bonchev–Trinajstić information content (AvgIpc) is 2.78. The van der Waals surface area contributed by atoms with Crippen LogP contribution in [0.1, 0.15) is 5.01 Å². The number of sulfone groups is 1. The molecule has 1 aromatic carbocycles. The van der Waals surface area contributed by atoms with Gasteiger partial charge in [-0.2, -0.15) is 0 Å². The highest BCUT2D eigenvalue weighted by molar-refractivity contribution is 7.90. The van der Waals surface area contributed by atoms with Crippen LogP contribution in [0, 0.1) is 0 Å². The standard InChI is InChI=1S/C11H12N2O2S2/c1-17(14,15)10-4-2-3-9(7-10)13-8-11-12-5-6-16-11/h2-7,13H,8H2,1H3. The average molecular weight is 268 g/mol. The smallest absolute Gasteiger partial charge is 0.175 e. The molecular formula is C11H12N2O2S2. The molecule has 2 rings (SSSR count). The van der Waals surface area contributed by atoms with Crippen molar-refractivity contribution >= 4 is 26.9 Å². The summed E-state index contributed by atoms with van der Waals surface area (Å²) in [6.45, 7) is 0.602. The number of aromatic nitrogens is 1. The second-order valence-corrected chi connectivity index (χ2v) is 6.57. The molecule has 90 valence electrons. The van der Waals surface area contributed by atoms with Crippen molar-refractivity contribution in [3.05, 3.63) is 40.8 Å². The van der Waals surface area contributed by atoms with Crippen molar-refractivity contribution in [1.82, 2.24) is 4.98 Å². The van der Waals surface area contributed by atoms with Crippen LogP contribution in [-0.2, 0) is 16.4 Å². The van der Waals surface area contributed by atoms with Crippen molar-refractivity contribution in [2.45, 2.75) is 11.4 Å². The topological polar surface area (TPSA) is 59.1 Å². The molecule has 6 heteroatoms. The van der Waals surface area contributed by atoms with E-state index in [1.807, 2.05) is 11.4 Å². The first-order valence-corrected chi connectivity index (χ1v) is 7.75. The fraction of sp³-hybridized carbons (Fsp3) is 0.182. The maximum absolute atomic E-state index is 11.4. The third-order valence-corrected chi connectivity index (χ3v) is 4.08. The Labute approximate surface area is 104 Å². The Bertz CT molecular complexity index is 592. The van der Waals surface area contributed by atoms with Gasteiger partial charge in [-0.25, -0.2) is 13.4 Å². The number of benzene rings is 1. The minimum Gasteiger partial charge on any atom is -0.378 e. The van der Waals surface area contributed by atoms with Gasteiger partial charge in [0.1, 0.15) is 5.01 Å². The minimum atomic E-state index is -3.15. The minimum absolute atomic E-state index is 0.321. The summed E-state index contributed by atoms with van der Waals surface area (Å²) in [5, 5.41) is 6.02. The molecule has 1 aromatic heterocycles. The van der Waals surface area contributed by atoms with Gasteiger partial charge in [0.25, 0.3) is 0 Å². The van der Waals surface area contributed by atoms with Crippen molar-refractivity contribution in [2.24, 2.45) is 0 Å². The Balaban J connectivity index is 2.12. The molecule has 0 saturated heterocycles. The predicted molar refractivity (Wildman–Crippen MR) is 69.0 cm³/mol. The van der Waals surface area contributed by atoms with E-state index in [1.165, 1.54) is 6.26 Å². The summed E-state index contributed by atoms with van der Waals surface area (Å²) in [5.74, 6) is 0. The highest BCUT2D eigenvalue weighted by Crippen LogP contribution is 2.16. The molecule has 17 heavy (non-hydrogen) atoms. The van der Waals surface area contributed by atoms with E-state index in [1.54, 1.807) is 35.7 Å². The first-order chi connectivity index (χ1) is 8.05. The number of hydrogen-bond acceptors (Lipinski definition) is 5. The molecule has 0 atom stereocenters. The molecule has 4 nitrogen and oxygen atoms in total. The van der Waals surface area contributed by atoms with Crippen LogP contribution in [0.3, 0.4) is 0 Å². The molecule has 0 fully saturated rings. The van der Waals surface area contributed by atoms with Crippen LogP contribution in [-0.4, -0.2) is 19.7 Å². The Morgan fingerprint density at radius 3 is 2.88 bits per heavy atom. The van der Waals surface area contributed by atoms with Crippen molar-refractivity contribution in [3.8, 4) is 0 Å². The zero-order valence-electron chi connectivity index (χ0n) is 9.25. The molecule has 0 aliphatic heterocycles. The van der Waals surface area contributed by atoms with Crippen molar-refractivity contribution in [2.75, 3.05) is 11.6 Å². The van der Waals surface area contributed by atoms with Crippen LogP contribution in [0.2, 0.25) is 0 Å². The van der Waals surface area contributed by atoms with Gasteiger partial charge < -0.3 is 5.32 Å². The molecule has 0 aliphatic carbocycles. The number of rotatable bonds is 4. The summed E-state index contributed by atoms with van der Waals surface area (Å²) in [6, 6.07) is 6.77. The van der Waals surface area contributed by atoms with E-state index in [0.717, 1.165) is 10.7 Å². The van der Waals surface area contributed by atoms with Gasteiger partial charge in [-0.15, -0.1) is 11.3 Å². The van der Waals surface area contributed by atoms with Crippen LogP contribution in [0.5, 0.6) is 0 Å². The summed E-state index contributed by atoms with van der Waals surface area (Å²) >= 11 is 1.56. The van der Waals surface area contributed by atoms with E-state index in [9.17, 15) is 8.42 Å². The zero-order chi connectivity index (χ0) is 12.3. The van der Waals surface area contributed by atoms with Crippen LogP contribution >= 0.6 is 11.3 Å². The second-order valence-electron chi connectivity index (χ2n) is 3.58. The lowest BCUT2D eigenvalue weighted by Crippen LogP contribution is -2.01. The third kappa shape index (κ3) is 3.28. The Kier molecular flexibility index (Phi) is 3.44. The number of anilines is 1. The van der Waals surface area contributed by atoms with Gasteiger partial charge >= 0.3 is 0 Å². The lowest BCUT2D eigenvalue weighted by Gasteiger charge is -2.05. The molecule has 0 unspecified atom stereocenters. The molecule has 0 bridgehead atoms. The highest BCUT2D eigenvalue weighted by atomic mass is 32.2. The molecule has 0 aliphatic rings. The van der Waals surface area contributed by atoms with Gasteiger partial charge in [-0.05, 0) is 18.2 Å². The summed E-state index contributed by atoms with van der Waals surface area (Å²) in [7, 11) is -3.15.